The monoisotopic (exact) mass is 442 g/mol. The molecule has 0 aliphatic heterocycles. The van der Waals surface area contributed by atoms with Crippen molar-refractivity contribution in [1.29, 1.82) is 0 Å². The third-order valence-corrected chi connectivity index (χ3v) is 8.18. The van der Waals surface area contributed by atoms with Crippen LogP contribution in [0.2, 0.25) is 5.31 Å². The smallest absolute Gasteiger partial charge is 0.251 e. The predicted octanol–water partition coefficient (Wildman–Crippen LogP) is 6.10. The number of fused-ring (bicyclic) bond motifs is 1. The highest BCUT2D eigenvalue weighted by molar-refractivity contribution is 6.15. The number of carbonyl (C=O) groups is 1. The van der Waals surface area contributed by atoms with Gasteiger partial charge >= 0.3 is 0 Å². The lowest BCUT2D eigenvalue weighted by Crippen LogP contribution is -2.25. The van der Waals surface area contributed by atoms with Crippen LogP contribution in [0, 0.1) is 11.8 Å². The van der Waals surface area contributed by atoms with Gasteiger partial charge in [-0.1, -0.05) is 88.0 Å². The minimum atomic E-state index is 0.0297. The van der Waals surface area contributed by atoms with Gasteiger partial charge in [0.2, 0.25) is 0 Å². The fourth-order valence-corrected chi connectivity index (χ4v) is 5.56. The van der Waals surface area contributed by atoms with E-state index in [4.69, 9.17) is 0 Å². The molecule has 174 valence electrons. The number of H-pyrrole nitrogens is 1. The molecule has 0 bridgehead atoms. The van der Waals surface area contributed by atoms with Gasteiger partial charge in [-0.15, -0.1) is 0 Å². The largest absolute Gasteiger partial charge is 0.361 e. The summed E-state index contributed by atoms with van der Waals surface area (Å²) in [7, 11) is 2.48. The van der Waals surface area contributed by atoms with E-state index >= 15 is 0 Å². The fraction of sp³-hybridized carbons (Fsp3) is 0.483. The Balaban J connectivity index is 1.29. The van der Waals surface area contributed by atoms with E-state index in [0.717, 1.165) is 35.8 Å². The van der Waals surface area contributed by atoms with Gasteiger partial charge in [0, 0.05) is 29.2 Å². The van der Waals surface area contributed by atoms with Crippen molar-refractivity contribution in [3.8, 4) is 0 Å². The number of para-hydroxylation sites is 1. The lowest BCUT2D eigenvalue weighted by atomic mass is 9.55. The molecule has 0 radical (unpaired) electrons. The first kappa shape index (κ1) is 23.7. The molecular weight excluding hydrogens is 403 g/mol. The molecule has 2 aromatic carbocycles. The van der Waals surface area contributed by atoms with Crippen LogP contribution in [0.5, 0.6) is 0 Å². The molecule has 0 unspecified atom stereocenters. The minimum absolute atomic E-state index is 0.0297. The van der Waals surface area contributed by atoms with Crippen molar-refractivity contribution in [3.63, 3.8) is 0 Å². The van der Waals surface area contributed by atoms with Crippen molar-refractivity contribution in [2.45, 2.75) is 70.5 Å². The summed E-state index contributed by atoms with van der Waals surface area (Å²) in [6.07, 6.45) is 11.9. The molecule has 1 heterocycles. The third-order valence-electron chi connectivity index (χ3n) is 8.18. The lowest BCUT2D eigenvalue weighted by Gasteiger charge is -2.37. The Bertz CT molecular complexity index is 1060. The number of benzene rings is 2. The van der Waals surface area contributed by atoms with Gasteiger partial charge in [-0.05, 0) is 54.0 Å². The molecule has 0 spiro atoms. The molecule has 4 rings (SSSR count). The SMILES string of the molecule is BC1(C(C)C)CCCC(Cc2cccc(C(=O)NCCc3c[nH]c4ccccc34)c2)CCC1. The van der Waals surface area contributed by atoms with E-state index in [1.807, 2.05) is 18.2 Å². The van der Waals surface area contributed by atoms with Crippen LogP contribution in [0.4, 0.5) is 0 Å². The normalized spacial score (nSPS) is 21.6. The summed E-state index contributed by atoms with van der Waals surface area (Å²) in [5.74, 6) is 1.53. The summed E-state index contributed by atoms with van der Waals surface area (Å²) >= 11 is 0. The first-order valence-electron chi connectivity index (χ1n) is 12.9. The van der Waals surface area contributed by atoms with Crippen LogP contribution in [0.25, 0.3) is 10.9 Å². The molecule has 0 saturated heterocycles. The van der Waals surface area contributed by atoms with E-state index in [-0.39, 0.29) is 5.91 Å². The Morgan fingerprint density at radius 3 is 2.64 bits per heavy atom. The van der Waals surface area contributed by atoms with E-state index in [9.17, 15) is 4.79 Å². The van der Waals surface area contributed by atoms with Gasteiger partial charge in [-0.2, -0.15) is 0 Å². The molecule has 1 aliphatic carbocycles. The zero-order valence-electron chi connectivity index (χ0n) is 20.6. The van der Waals surface area contributed by atoms with Crippen molar-refractivity contribution in [2.24, 2.45) is 11.8 Å². The molecule has 3 nitrogen and oxygen atoms in total. The second kappa shape index (κ2) is 10.6. The zero-order valence-corrected chi connectivity index (χ0v) is 20.6. The lowest BCUT2D eigenvalue weighted by molar-refractivity contribution is 0.0954. The van der Waals surface area contributed by atoms with Crippen LogP contribution in [-0.4, -0.2) is 25.3 Å². The van der Waals surface area contributed by atoms with Gasteiger partial charge < -0.3 is 10.3 Å². The molecule has 1 saturated carbocycles. The highest BCUT2D eigenvalue weighted by Crippen LogP contribution is 2.45. The Labute approximate surface area is 200 Å². The van der Waals surface area contributed by atoms with Gasteiger partial charge in [-0.3, -0.25) is 4.79 Å². The third kappa shape index (κ3) is 5.90. The highest BCUT2D eigenvalue weighted by atomic mass is 16.1. The average Bonchev–Trinajstić information content (AvgIpc) is 3.20. The Kier molecular flexibility index (Phi) is 7.62. The maximum absolute atomic E-state index is 12.8. The minimum Gasteiger partial charge on any atom is -0.361 e. The van der Waals surface area contributed by atoms with E-state index in [2.05, 4.69) is 68.5 Å². The number of hydrogen-bond acceptors (Lipinski definition) is 1. The molecule has 3 aromatic rings. The molecule has 1 aromatic heterocycles. The molecule has 0 atom stereocenters. The summed E-state index contributed by atoms with van der Waals surface area (Å²) in [6.45, 7) is 5.41. The summed E-state index contributed by atoms with van der Waals surface area (Å²) in [5, 5.41) is 4.87. The topological polar surface area (TPSA) is 44.9 Å². The van der Waals surface area contributed by atoms with Crippen LogP contribution < -0.4 is 5.32 Å². The summed E-state index contributed by atoms with van der Waals surface area (Å²) in [6, 6.07) is 16.6. The molecular formula is C29H39BN2O. The molecule has 1 fully saturated rings. The molecule has 2 N–H and O–H groups in total. The summed E-state index contributed by atoms with van der Waals surface area (Å²) in [4.78, 5) is 16.1. The molecule has 1 amide bonds. The van der Waals surface area contributed by atoms with Crippen molar-refractivity contribution in [2.75, 3.05) is 6.54 Å². The second-order valence-electron chi connectivity index (χ2n) is 10.7. The van der Waals surface area contributed by atoms with Crippen molar-refractivity contribution in [1.82, 2.24) is 10.3 Å². The van der Waals surface area contributed by atoms with E-state index < -0.39 is 0 Å². The Hall–Kier alpha value is -2.49. The number of carbonyl (C=O) groups excluding carboxylic acids is 1. The van der Waals surface area contributed by atoms with Crippen molar-refractivity contribution >= 4 is 24.7 Å². The maximum atomic E-state index is 12.8. The standard InChI is InChI=1S/C29H39BN2O/c1-21(2)29(30)15-6-9-22(10-7-16-29)18-23-8-5-11-24(19-23)28(33)31-17-14-25-20-32-27-13-4-3-12-26(25)27/h3-5,8,11-13,19-22,32H,6-7,9-10,14-18,30H2,1-2H3,(H,31,33). The predicted molar refractivity (Wildman–Crippen MR) is 142 cm³/mol. The number of rotatable bonds is 7. The van der Waals surface area contributed by atoms with Crippen LogP contribution in [0.15, 0.2) is 54.7 Å². The second-order valence-corrected chi connectivity index (χ2v) is 10.7. The van der Waals surface area contributed by atoms with Crippen LogP contribution >= 0.6 is 0 Å². The number of amides is 1. The van der Waals surface area contributed by atoms with E-state index in [1.54, 1.807) is 0 Å². The summed E-state index contributed by atoms with van der Waals surface area (Å²) < 4.78 is 0. The zero-order chi connectivity index (χ0) is 23.3. The fourth-order valence-electron chi connectivity index (χ4n) is 5.56. The van der Waals surface area contributed by atoms with Crippen LogP contribution in [0.3, 0.4) is 0 Å². The highest BCUT2D eigenvalue weighted by Gasteiger charge is 2.29. The quantitative estimate of drug-likeness (QED) is 0.427. The van der Waals surface area contributed by atoms with Crippen molar-refractivity contribution < 1.29 is 4.79 Å². The Morgan fingerprint density at radius 1 is 1.12 bits per heavy atom. The first-order valence-corrected chi connectivity index (χ1v) is 12.9. The number of aromatic nitrogens is 1. The number of nitrogens with one attached hydrogen (secondary N) is 2. The molecule has 4 heteroatoms. The Morgan fingerprint density at radius 2 is 1.88 bits per heavy atom. The maximum Gasteiger partial charge on any atom is 0.251 e. The van der Waals surface area contributed by atoms with Gasteiger partial charge in [0.15, 0.2) is 0 Å². The van der Waals surface area contributed by atoms with Gasteiger partial charge in [0.25, 0.3) is 5.91 Å². The van der Waals surface area contributed by atoms with Crippen LogP contribution in [0.1, 0.15) is 73.9 Å². The van der Waals surface area contributed by atoms with E-state index in [0.29, 0.717) is 11.9 Å². The van der Waals surface area contributed by atoms with Gasteiger partial charge in [-0.25, -0.2) is 0 Å². The summed E-state index contributed by atoms with van der Waals surface area (Å²) in [5.41, 5.74) is 4.48. The number of hydrogen-bond donors (Lipinski definition) is 2. The van der Waals surface area contributed by atoms with Crippen LogP contribution in [-0.2, 0) is 12.8 Å². The van der Waals surface area contributed by atoms with Gasteiger partial charge in [0.05, 0.1) is 0 Å². The molecule has 1 aliphatic rings. The van der Waals surface area contributed by atoms with E-state index in [1.165, 1.54) is 55.0 Å². The van der Waals surface area contributed by atoms with Crippen molar-refractivity contribution in [3.05, 3.63) is 71.4 Å². The first-order chi connectivity index (χ1) is 15.9. The average molecular weight is 442 g/mol. The van der Waals surface area contributed by atoms with Gasteiger partial charge in [0.1, 0.15) is 7.85 Å². The number of aromatic amines is 1. The molecule has 33 heavy (non-hydrogen) atoms.